The number of ether oxygens (including phenoxy) is 1. The number of aliphatic hydroxyl groups excluding tert-OH is 1. The molecule has 0 atom stereocenters. The van der Waals surface area contributed by atoms with Crippen LogP contribution < -0.4 is 4.74 Å². The lowest BCUT2D eigenvalue weighted by Crippen LogP contribution is -2.22. The topological polar surface area (TPSA) is 63.4 Å². The predicted octanol–water partition coefficient (Wildman–Crippen LogP) is 1.34. The third kappa shape index (κ3) is 3.34. The Balaban J connectivity index is 2.23. The van der Waals surface area contributed by atoms with Gasteiger partial charge < -0.3 is 9.84 Å². The van der Waals surface area contributed by atoms with Crippen LogP contribution >= 0.6 is 0 Å². The van der Waals surface area contributed by atoms with Gasteiger partial charge in [0.2, 0.25) is 5.88 Å². The van der Waals surface area contributed by atoms with Crippen LogP contribution in [0.2, 0.25) is 0 Å². The standard InChI is InChI=1S/C14H20N4O2/c1-11-13(10-17(2)7-8-19)14(18(3)16-11)20-12-5-4-6-15-9-12/h4-6,9,19H,7-8,10H2,1-3H3. The molecule has 108 valence electrons. The van der Waals surface area contributed by atoms with E-state index in [1.807, 2.05) is 38.1 Å². The second kappa shape index (κ2) is 6.49. The molecule has 6 nitrogen and oxygen atoms in total. The lowest BCUT2D eigenvalue weighted by molar-refractivity contribution is 0.216. The Hall–Kier alpha value is -1.92. The third-order valence-electron chi connectivity index (χ3n) is 3.05. The first kappa shape index (κ1) is 14.5. The van der Waals surface area contributed by atoms with E-state index in [0.29, 0.717) is 24.7 Å². The summed E-state index contributed by atoms with van der Waals surface area (Å²) in [6, 6.07) is 3.69. The zero-order chi connectivity index (χ0) is 14.5. The van der Waals surface area contributed by atoms with E-state index in [-0.39, 0.29) is 6.61 Å². The molecule has 0 bridgehead atoms. The first-order valence-corrected chi connectivity index (χ1v) is 6.51. The number of pyridine rings is 1. The summed E-state index contributed by atoms with van der Waals surface area (Å²) in [5, 5.41) is 13.4. The number of hydrogen-bond donors (Lipinski definition) is 1. The highest BCUT2D eigenvalue weighted by molar-refractivity contribution is 5.34. The highest BCUT2D eigenvalue weighted by atomic mass is 16.5. The van der Waals surface area contributed by atoms with E-state index in [0.717, 1.165) is 11.3 Å². The number of hydrogen-bond acceptors (Lipinski definition) is 5. The van der Waals surface area contributed by atoms with Crippen LogP contribution in [0.3, 0.4) is 0 Å². The van der Waals surface area contributed by atoms with Crippen molar-refractivity contribution in [1.82, 2.24) is 19.7 Å². The second-order valence-electron chi connectivity index (χ2n) is 4.74. The van der Waals surface area contributed by atoms with E-state index in [9.17, 15) is 0 Å². The Bertz CT molecular complexity index is 554. The molecule has 2 aromatic rings. The van der Waals surface area contributed by atoms with Gasteiger partial charge in [0.05, 0.1) is 24.1 Å². The lowest BCUT2D eigenvalue weighted by atomic mass is 10.2. The Morgan fingerprint density at radius 3 is 2.90 bits per heavy atom. The fourth-order valence-corrected chi connectivity index (χ4v) is 2.03. The minimum absolute atomic E-state index is 0.134. The highest BCUT2D eigenvalue weighted by Gasteiger charge is 2.17. The van der Waals surface area contributed by atoms with Crippen LogP contribution in [-0.4, -0.2) is 45.0 Å². The normalized spacial score (nSPS) is 11.1. The van der Waals surface area contributed by atoms with Crippen molar-refractivity contribution in [1.29, 1.82) is 0 Å². The Kier molecular flexibility index (Phi) is 4.70. The van der Waals surface area contributed by atoms with Crippen molar-refractivity contribution >= 4 is 0 Å². The fraction of sp³-hybridized carbons (Fsp3) is 0.429. The molecule has 20 heavy (non-hydrogen) atoms. The number of aliphatic hydroxyl groups is 1. The first-order chi connectivity index (χ1) is 9.61. The fourth-order valence-electron chi connectivity index (χ4n) is 2.03. The molecule has 2 heterocycles. The maximum Gasteiger partial charge on any atom is 0.222 e. The van der Waals surface area contributed by atoms with Gasteiger partial charge in [-0.3, -0.25) is 9.88 Å². The van der Waals surface area contributed by atoms with Crippen molar-refractivity contribution in [2.45, 2.75) is 13.5 Å². The summed E-state index contributed by atoms with van der Waals surface area (Å²) in [6.07, 6.45) is 3.38. The van der Waals surface area contributed by atoms with Crippen molar-refractivity contribution in [2.24, 2.45) is 7.05 Å². The highest BCUT2D eigenvalue weighted by Crippen LogP contribution is 2.27. The molecule has 0 aromatic carbocycles. The second-order valence-corrected chi connectivity index (χ2v) is 4.74. The summed E-state index contributed by atoms with van der Waals surface area (Å²) in [6.45, 7) is 3.38. The smallest absolute Gasteiger partial charge is 0.222 e. The largest absolute Gasteiger partial charge is 0.437 e. The van der Waals surface area contributed by atoms with E-state index in [4.69, 9.17) is 9.84 Å². The number of aromatic nitrogens is 3. The maximum atomic E-state index is 8.99. The Morgan fingerprint density at radius 1 is 1.45 bits per heavy atom. The van der Waals surface area contributed by atoms with Crippen LogP contribution in [0.5, 0.6) is 11.6 Å². The third-order valence-corrected chi connectivity index (χ3v) is 3.05. The first-order valence-electron chi connectivity index (χ1n) is 6.51. The van der Waals surface area contributed by atoms with Crippen LogP contribution in [-0.2, 0) is 13.6 Å². The lowest BCUT2D eigenvalue weighted by Gasteiger charge is -2.16. The van der Waals surface area contributed by atoms with E-state index in [1.165, 1.54) is 0 Å². The van der Waals surface area contributed by atoms with Gasteiger partial charge in [-0.25, -0.2) is 4.68 Å². The van der Waals surface area contributed by atoms with Crippen LogP contribution in [0, 0.1) is 6.92 Å². The molecule has 0 spiro atoms. The van der Waals surface area contributed by atoms with Crippen molar-refractivity contribution in [3.63, 3.8) is 0 Å². The molecule has 0 unspecified atom stereocenters. The molecule has 0 aliphatic carbocycles. The van der Waals surface area contributed by atoms with Gasteiger partial charge in [-0.2, -0.15) is 5.10 Å². The number of aryl methyl sites for hydroxylation is 2. The molecule has 0 saturated heterocycles. The van der Waals surface area contributed by atoms with Crippen LogP contribution in [0.1, 0.15) is 11.3 Å². The maximum absolute atomic E-state index is 8.99. The average molecular weight is 276 g/mol. The monoisotopic (exact) mass is 276 g/mol. The van der Waals surface area contributed by atoms with Gasteiger partial charge in [0.1, 0.15) is 5.75 Å². The summed E-state index contributed by atoms with van der Waals surface area (Å²) in [4.78, 5) is 6.07. The van der Waals surface area contributed by atoms with Crippen LogP contribution in [0.25, 0.3) is 0 Å². The molecule has 6 heteroatoms. The SMILES string of the molecule is Cc1nn(C)c(Oc2cccnc2)c1CN(C)CCO. The average Bonchev–Trinajstić information content (AvgIpc) is 2.67. The Labute approximate surface area is 118 Å². The van der Waals surface area contributed by atoms with E-state index in [2.05, 4.69) is 10.1 Å². The summed E-state index contributed by atoms with van der Waals surface area (Å²) in [5.41, 5.74) is 1.95. The minimum atomic E-state index is 0.134. The van der Waals surface area contributed by atoms with Gasteiger partial charge >= 0.3 is 0 Å². The summed E-state index contributed by atoms with van der Waals surface area (Å²) in [7, 11) is 3.81. The van der Waals surface area contributed by atoms with E-state index < -0.39 is 0 Å². The van der Waals surface area contributed by atoms with E-state index >= 15 is 0 Å². The summed E-state index contributed by atoms with van der Waals surface area (Å²) >= 11 is 0. The van der Waals surface area contributed by atoms with Gasteiger partial charge in [0.15, 0.2) is 0 Å². The van der Waals surface area contributed by atoms with Gasteiger partial charge in [-0.15, -0.1) is 0 Å². The number of likely N-dealkylation sites (N-methyl/N-ethyl adjacent to an activating group) is 1. The summed E-state index contributed by atoms with van der Waals surface area (Å²) < 4.78 is 7.62. The molecule has 0 aliphatic heterocycles. The van der Waals surface area contributed by atoms with Gasteiger partial charge in [-0.1, -0.05) is 0 Å². The number of rotatable bonds is 6. The van der Waals surface area contributed by atoms with E-state index in [1.54, 1.807) is 17.1 Å². The molecular formula is C14H20N4O2. The number of nitrogens with zero attached hydrogens (tertiary/aromatic N) is 4. The van der Waals surface area contributed by atoms with Gasteiger partial charge in [0.25, 0.3) is 0 Å². The minimum Gasteiger partial charge on any atom is -0.437 e. The molecule has 0 radical (unpaired) electrons. The van der Waals surface area contributed by atoms with Crippen molar-refractivity contribution in [3.05, 3.63) is 35.8 Å². The van der Waals surface area contributed by atoms with Crippen molar-refractivity contribution < 1.29 is 9.84 Å². The zero-order valence-corrected chi connectivity index (χ0v) is 12.1. The van der Waals surface area contributed by atoms with Gasteiger partial charge in [0, 0.05) is 26.3 Å². The van der Waals surface area contributed by atoms with Gasteiger partial charge in [-0.05, 0) is 26.1 Å². The Morgan fingerprint density at radius 2 is 2.25 bits per heavy atom. The van der Waals surface area contributed by atoms with Crippen LogP contribution in [0.15, 0.2) is 24.5 Å². The molecule has 0 amide bonds. The molecular weight excluding hydrogens is 256 g/mol. The van der Waals surface area contributed by atoms with Crippen molar-refractivity contribution in [3.8, 4) is 11.6 Å². The molecule has 1 N–H and O–H groups in total. The molecule has 0 fully saturated rings. The molecule has 0 saturated carbocycles. The summed E-state index contributed by atoms with van der Waals surface area (Å²) in [5.74, 6) is 1.39. The zero-order valence-electron chi connectivity index (χ0n) is 12.1. The molecule has 2 aromatic heterocycles. The molecule has 0 aliphatic rings. The predicted molar refractivity (Wildman–Crippen MR) is 75.7 cm³/mol. The quantitative estimate of drug-likeness (QED) is 0.862. The van der Waals surface area contributed by atoms with Crippen molar-refractivity contribution in [2.75, 3.05) is 20.2 Å². The van der Waals surface area contributed by atoms with Crippen LogP contribution in [0.4, 0.5) is 0 Å². The molecule has 2 rings (SSSR count).